The maximum absolute atomic E-state index is 12.6. The average Bonchev–Trinajstić information content (AvgIpc) is 3.14. The van der Waals surface area contributed by atoms with Crippen molar-refractivity contribution in [3.8, 4) is 11.4 Å². The number of rotatable bonds is 7. The lowest BCUT2D eigenvalue weighted by Gasteiger charge is -2.18. The summed E-state index contributed by atoms with van der Waals surface area (Å²) in [4.78, 5) is 14.3. The fraction of sp³-hybridized carbons (Fsp3) is 0.300. The maximum Gasteiger partial charge on any atom is 0.233 e. The maximum atomic E-state index is 12.6. The Balaban J connectivity index is 1.66. The molecule has 0 bridgehead atoms. The van der Waals surface area contributed by atoms with E-state index in [1.807, 2.05) is 50.2 Å². The van der Waals surface area contributed by atoms with Crippen molar-refractivity contribution in [1.82, 2.24) is 25.1 Å². The summed E-state index contributed by atoms with van der Waals surface area (Å²) in [6.07, 6.45) is 0. The first-order valence-corrected chi connectivity index (χ1v) is 9.83. The molecule has 7 nitrogen and oxygen atoms in total. The number of para-hydroxylation sites is 1. The van der Waals surface area contributed by atoms with Crippen molar-refractivity contribution in [3.63, 3.8) is 0 Å². The van der Waals surface area contributed by atoms with E-state index in [-0.39, 0.29) is 11.7 Å². The number of aromatic nitrogens is 4. The van der Waals surface area contributed by atoms with Crippen LogP contribution in [0.4, 0.5) is 0 Å². The molecule has 0 aliphatic carbocycles. The largest absolute Gasteiger partial charge is 0.496 e. The molecule has 28 heavy (non-hydrogen) atoms. The van der Waals surface area contributed by atoms with Gasteiger partial charge in [-0.3, -0.25) is 4.79 Å². The van der Waals surface area contributed by atoms with Gasteiger partial charge in [0.15, 0.2) is 0 Å². The van der Waals surface area contributed by atoms with Crippen molar-refractivity contribution in [2.24, 2.45) is 0 Å². The molecule has 8 heteroatoms. The van der Waals surface area contributed by atoms with Crippen molar-refractivity contribution < 1.29 is 9.53 Å². The van der Waals surface area contributed by atoms with Gasteiger partial charge in [-0.05, 0) is 42.0 Å². The molecule has 0 fully saturated rings. The summed E-state index contributed by atoms with van der Waals surface area (Å²) < 4.78 is 7.03. The summed E-state index contributed by atoms with van der Waals surface area (Å²) in [5, 5.41) is 12.5. The van der Waals surface area contributed by atoms with E-state index < -0.39 is 0 Å². The van der Waals surface area contributed by atoms with Crippen LogP contribution in [-0.2, 0) is 11.3 Å². The van der Waals surface area contributed by atoms with E-state index in [0.717, 1.165) is 22.6 Å². The van der Waals surface area contributed by atoms with Gasteiger partial charge in [0.05, 0.1) is 18.6 Å². The third kappa shape index (κ3) is 4.51. The predicted molar refractivity (Wildman–Crippen MR) is 109 cm³/mol. The van der Waals surface area contributed by atoms with E-state index in [1.165, 1.54) is 17.3 Å². The highest BCUT2D eigenvalue weighted by Gasteiger charge is 2.16. The number of carbonyl (C=O) groups excluding carboxylic acids is 1. The molecule has 0 spiro atoms. The second-order valence-corrected chi connectivity index (χ2v) is 7.46. The number of aryl methyl sites for hydroxylation is 2. The Hall–Kier alpha value is -2.87. The highest BCUT2D eigenvalue weighted by molar-refractivity contribution is 7.99. The molecule has 3 rings (SSSR count). The average molecular weight is 398 g/mol. The Morgan fingerprint density at radius 2 is 2.00 bits per heavy atom. The molecule has 1 amide bonds. The Morgan fingerprint density at radius 1 is 1.21 bits per heavy atom. The number of methoxy groups -OCH3 is 1. The summed E-state index contributed by atoms with van der Waals surface area (Å²) in [5.41, 5.74) is 4.13. The molecule has 0 aliphatic rings. The van der Waals surface area contributed by atoms with Crippen molar-refractivity contribution >= 4 is 17.7 Å². The van der Waals surface area contributed by atoms with Gasteiger partial charge in [0, 0.05) is 19.2 Å². The molecule has 0 saturated heterocycles. The number of benzene rings is 2. The van der Waals surface area contributed by atoms with Crippen molar-refractivity contribution in [3.05, 3.63) is 59.2 Å². The fourth-order valence-corrected chi connectivity index (χ4v) is 3.70. The van der Waals surface area contributed by atoms with Crippen molar-refractivity contribution in [2.45, 2.75) is 25.5 Å². The van der Waals surface area contributed by atoms with Gasteiger partial charge in [-0.2, -0.15) is 4.68 Å². The van der Waals surface area contributed by atoms with Gasteiger partial charge in [-0.15, -0.1) is 5.10 Å². The first-order chi connectivity index (χ1) is 13.5. The van der Waals surface area contributed by atoms with Gasteiger partial charge in [-0.25, -0.2) is 0 Å². The number of hydrogen-bond acceptors (Lipinski definition) is 6. The van der Waals surface area contributed by atoms with Crippen LogP contribution in [-0.4, -0.2) is 50.9 Å². The van der Waals surface area contributed by atoms with Crippen LogP contribution in [0.2, 0.25) is 0 Å². The molecule has 0 radical (unpaired) electrons. The van der Waals surface area contributed by atoms with Crippen molar-refractivity contribution in [1.29, 1.82) is 0 Å². The quantitative estimate of drug-likeness (QED) is 0.571. The zero-order valence-electron chi connectivity index (χ0n) is 16.4. The number of tetrazole rings is 1. The van der Waals surface area contributed by atoms with Crippen LogP contribution in [0.15, 0.2) is 47.6 Å². The Bertz CT molecular complexity index is 973. The summed E-state index contributed by atoms with van der Waals surface area (Å²) >= 11 is 1.32. The Labute approximate surface area is 168 Å². The number of nitrogens with zero attached hydrogens (tertiary/aromatic N) is 5. The van der Waals surface area contributed by atoms with Gasteiger partial charge >= 0.3 is 0 Å². The molecule has 0 N–H and O–H groups in total. The minimum absolute atomic E-state index is 0.00826. The zero-order valence-corrected chi connectivity index (χ0v) is 17.2. The molecule has 0 atom stereocenters. The molecular formula is C20H23N5O2S. The molecule has 0 aliphatic heterocycles. The number of thioether (sulfide) groups is 1. The predicted octanol–water partition coefficient (Wildman–Crippen LogP) is 3.04. The topological polar surface area (TPSA) is 73.1 Å². The number of carbonyl (C=O) groups is 1. The molecule has 1 aromatic heterocycles. The summed E-state index contributed by atoms with van der Waals surface area (Å²) in [6, 6.07) is 13.8. The molecule has 2 aromatic carbocycles. The van der Waals surface area contributed by atoms with E-state index in [0.29, 0.717) is 11.7 Å². The number of hydrogen-bond donors (Lipinski definition) is 0. The minimum Gasteiger partial charge on any atom is -0.496 e. The Morgan fingerprint density at radius 3 is 2.75 bits per heavy atom. The highest BCUT2D eigenvalue weighted by Crippen LogP contribution is 2.23. The van der Waals surface area contributed by atoms with Crippen molar-refractivity contribution in [2.75, 3.05) is 19.9 Å². The van der Waals surface area contributed by atoms with E-state index in [1.54, 1.807) is 23.7 Å². The monoisotopic (exact) mass is 397 g/mol. The molecular weight excluding hydrogens is 374 g/mol. The van der Waals surface area contributed by atoms with Crippen LogP contribution in [0.25, 0.3) is 5.69 Å². The van der Waals surface area contributed by atoms with Gasteiger partial charge in [0.2, 0.25) is 11.1 Å². The van der Waals surface area contributed by atoms with E-state index in [2.05, 4.69) is 21.6 Å². The third-order valence-corrected chi connectivity index (χ3v) is 5.28. The lowest BCUT2D eigenvalue weighted by atomic mass is 10.1. The molecule has 0 saturated carbocycles. The normalized spacial score (nSPS) is 10.7. The minimum atomic E-state index is -0.00826. The van der Waals surface area contributed by atoms with Crippen LogP contribution in [0.1, 0.15) is 16.7 Å². The zero-order chi connectivity index (χ0) is 20.1. The van der Waals surface area contributed by atoms with E-state index in [9.17, 15) is 4.79 Å². The number of amides is 1. The van der Waals surface area contributed by atoms with Gasteiger partial charge in [0.25, 0.3) is 0 Å². The highest BCUT2D eigenvalue weighted by atomic mass is 32.2. The summed E-state index contributed by atoms with van der Waals surface area (Å²) in [5.74, 6) is 1.01. The van der Waals surface area contributed by atoms with Crippen LogP contribution in [0, 0.1) is 13.8 Å². The van der Waals surface area contributed by atoms with Crippen LogP contribution in [0.3, 0.4) is 0 Å². The number of ether oxygens (including phenoxy) is 1. The standard InChI is InChI=1S/C20H23N5O2S/c1-14-9-10-17(15(2)11-14)25-20(21-22-23-25)28-13-19(26)24(3)12-16-7-5-6-8-18(16)27-4/h5-11H,12-13H2,1-4H3. The lowest BCUT2D eigenvalue weighted by Crippen LogP contribution is -2.28. The van der Waals surface area contributed by atoms with Crippen LogP contribution in [0.5, 0.6) is 5.75 Å². The first kappa shape index (κ1) is 19.9. The fourth-order valence-electron chi connectivity index (χ4n) is 2.88. The Kier molecular flexibility index (Phi) is 6.30. The smallest absolute Gasteiger partial charge is 0.233 e. The van der Waals surface area contributed by atoms with E-state index in [4.69, 9.17) is 4.74 Å². The van der Waals surface area contributed by atoms with Crippen LogP contribution < -0.4 is 4.74 Å². The second kappa shape index (κ2) is 8.88. The molecule has 3 aromatic rings. The first-order valence-electron chi connectivity index (χ1n) is 8.84. The van der Waals surface area contributed by atoms with Gasteiger partial charge in [0.1, 0.15) is 5.75 Å². The van der Waals surface area contributed by atoms with Gasteiger partial charge < -0.3 is 9.64 Å². The SMILES string of the molecule is COc1ccccc1CN(C)C(=O)CSc1nnnn1-c1ccc(C)cc1C. The third-order valence-electron chi connectivity index (χ3n) is 4.37. The molecule has 0 unspecified atom stereocenters. The lowest BCUT2D eigenvalue weighted by molar-refractivity contribution is -0.127. The molecule has 146 valence electrons. The summed E-state index contributed by atoms with van der Waals surface area (Å²) in [6.45, 7) is 4.54. The summed E-state index contributed by atoms with van der Waals surface area (Å²) in [7, 11) is 3.41. The molecule has 1 heterocycles. The van der Waals surface area contributed by atoms with E-state index >= 15 is 0 Å². The van der Waals surface area contributed by atoms with Gasteiger partial charge in [-0.1, -0.05) is 47.7 Å². The van der Waals surface area contributed by atoms with Crippen LogP contribution >= 0.6 is 11.8 Å². The second-order valence-electron chi connectivity index (χ2n) is 6.51.